The second-order valence-electron chi connectivity index (χ2n) is 7.31. The Labute approximate surface area is 154 Å². The van der Waals surface area contributed by atoms with Crippen LogP contribution in [0.1, 0.15) is 37.2 Å². The Morgan fingerprint density at radius 2 is 2.12 bits per heavy atom. The first-order valence-electron chi connectivity index (χ1n) is 9.47. The fraction of sp³-hybridized carbons (Fsp3) is 0.550. The predicted molar refractivity (Wildman–Crippen MR) is 103 cm³/mol. The van der Waals surface area contributed by atoms with Crippen molar-refractivity contribution in [2.75, 3.05) is 32.8 Å². The number of hydrogen-bond acceptors (Lipinski definition) is 4. The van der Waals surface area contributed by atoms with Crippen LogP contribution in [0.4, 0.5) is 0 Å². The van der Waals surface area contributed by atoms with Gasteiger partial charge in [-0.1, -0.05) is 19.9 Å². The van der Waals surface area contributed by atoms with Gasteiger partial charge in [-0.3, -0.25) is 4.79 Å². The lowest BCUT2D eigenvalue weighted by atomic mass is 10.0. The van der Waals surface area contributed by atoms with Gasteiger partial charge in [0.1, 0.15) is 11.4 Å². The van der Waals surface area contributed by atoms with Gasteiger partial charge in [-0.05, 0) is 50.0 Å². The standard InChI is InChI=1S/C20H29N3O3/c1-14(2)13-26-19-5-3-4-17-16(19)12-18(22-17)20(25)23(10-11-24)15-6-8-21-9-7-15/h3-5,12,14-15,21-22,24H,6-11,13H2,1-2H3. The van der Waals surface area contributed by atoms with E-state index < -0.39 is 0 Å². The van der Waals surface area contributed by atoms with Gasteiger partial charge in [0.05, 0.1) is 13.2 Å². The van der Waals surface area contributed by atoms with E-state index in [9.17, 15) is 9.90 Å². The van der Waals surface area contributed by atoms with Crippen LogP contribution in [0.2, 0.25) is 0 Å². The molecule has 2 aromatic rings. The summed E-state index contributed by atoms with van der Waals surface area (Å²) in [5.41, 5.74) is 1.44. The maximum absolute atomic E-state index is 13.1. The molecule has 2 heterocycles. The molecule has 6 heteroatoms. The minimum absolute atomic E-state index is 0.0291. The molecule has 0 atom stereocenters. The number of hydrogen-bond donors (Lipinski definition) is 3. The summed E-state index contributed by atoms with van der Waals surface area (Å²) in [6, 6.07) is 7.86. The highest BCUT2D eigenvalue weighted by molar-refractivity contribution is 5.99. The van der Waals surface area contributed by atoms with Gasteiger partial charge in [-0.2, -0.15) is 0 Å². The Balaban J connectivity index is 1.85. The molecule has 0 saturated carbocycles. The summed E-state index contributed by atoms with van der Waals surface area (Å²) in [5, 5.41) is 13.7. The average molecular weight is 359 g/mol. The zero-order valence-electron chi connectivity index (χ0n) is 15.6. The number of carbonyl (C=O) groups is 1. The molecule has 1 fully saturated rings. The van der Waals surface area contributed by atoms with E-state index in [-0.39, 0.29) is 18.6 Å². The van der Waals surface area contributed by atoms with E-state index in [4.69, 9.17) is 4.74 Å². The van der Waals surface area contributed by atoms with Gasteiger partial charge in [-0.15, -0.1) is 0 Å². The van der Waals surface area contributed by atoms with E-state index in [0.717, 1.165) is 42.6 Å². The monoisotopic (exact) mass is 359 g/mol. The number of piperidine rings is 1. The van der Waals surface area contributed by atoms with Crippen LogP contribution < -0.4 is 10.1 Å². The molecule has 26 heavy (non-hydrogen) atoms. The van der Waals surface area contributed by atoms with Gasteiger partial charge in [0.2, 0.25) is 0 Å². The normalized spacial score (nSPS) is 15.5. The van der Waals surface area contributed by atoms with Gasteiger partial charge < -0.3 is 25.0 Å². The van der Waals surface area contributed by atoms with Gasteiger partial charge in [0.15, 0.2) is 0 Å². The number of aliphatic hydroxyl groups is 1. The molecule has 142 valence electrons. The number of fused-ring (bicyclic) bond motifs is 1. The predicted octanol–water partition coefficient (Wildman–Crippen LogP) is 2.39. The number of H-pyrrole nitrogens is 1. The topological polar surface area (TPSA) is 77.6 Å². The van der Waals surface area contributed by atoms with Crippen LogP contribution in [0.3, 0.4) is 0 Å². The van der Waals surface area contributed by atoms with Crippen molar-refractivity contribution in [3.8, 4) is 5.75 Å². The van der Waals surface area contributed by atoms with Crippen molar-refractivity contribution in [1.82, 2.24) is 15.2 Å². The molecule has 1 aliphatic heterocycles. The molecule has 1 aliphatic rings. The molecular formula is C20H29N3O3. The zero-order valence-corrected chi connectivity index (χ0v) is 15.6. The number of nitrogens with one attached hydrogen (secondary N) is 2. The maximum Gasteiger partial charge on any atom is 0.270 e. The Morgan fingerprint density at radius 3 is 2.81 bits per heavy atom. The van der Waals surface area contributed by atoms with Crippen molar-refractivity contribution in [2.45, 2.75) is 32.7 Å². The van der Waals surface area contributed by atoms with E-state index in [1.807, 2.05) is 24.3 Å². The molecule has 1 amide bonds. The summed E-state index contributed by atoms with van der Waals surface area (Å²) >= 11 is 0. The fourth-order valence-electron chi connectivity index (χ4n) is 3.46. The van der Waals surface area contributed by atoms with Crippen LogP contribution in [0.25, 0.3) is 10.9 Å². The van der Waals surface area contributed by atoms with Crippen LogP contribution in [-0.2, 0) is 0 Å². The molecule has 0 spiro atoms. The van der Waals surface area contributed by atoms with Gasteiger partial charge in [0, 0.05) is 23.5 Å². The largest absolute Gasteiger partial charge is 0.493 e. The molecule has 3 rings (SSSR count). The smallest absolute Gasteiger partial charge is 0.270 e. The number of aliphatic hydroxyl groups excluding tert-OH is 1. The first kappa shape index (κ1) is 18.7. The first-order chi connectivity index (χ1) is 12.6. The first-order valence-corrected chi connectivity index (χ1v) is 9.47. The molecule has 0 radical (unpaired) electrons. The van der Waals surface area contributed by atoms with Crippen LogP contribution in [0.5, 0.6) is 5.75 Å². The van der Waals surface area contributed by atoms with Crippen molar-refractivity contribution in [3.63, 3.8) is 0 Å². The van der Waals surface area contributed by atoms with E-state index in [2.05, 4.69) is 24.1 Å². The summed E-state index contributed by atoms with van der Waals surface area (Å²) in [4.78, 5) is 18.1. The third-order valence-electron chi connectivity index (χ3n) is 4.78. The lowest BCUT2D eigenvalue weighted by Gasteiger charge is -2.34. The summed E-state index contributed by atoms with van der Waals surface area (Å²) in [5.74, 6) is 1.17. The minimum Gasteiger partial charge on any atom is -0.493 e. The van der Waals surface area contributed by atoms with E-state index in [1.54, 1.807) is 4.90 Å². The summed E-state index contributed by atoms with van der Waals surface area (Å²) in [6.45, 7) is 6.99. The van der Waals surface area contributed by atoms with E-state index in [1.165, 1.54) is 0 Å². The Morgan fingerprint density at radius 1 is 1.35 bits per heavy atom. The second-order valence-corrected chi connectivity index (χ2v) is 7.31. The van der Waals surface area contributed by atoms with Crippen LogP contribution in [-0.4, -0.2) is 59.8 Å². The SMILES string of the molecule is CC(C)COc1cccc2[nH]c(C(=O)N(CCO)C3CCNCC3)cc12. The second kappa shape index (κ2) is 8.56. The quantitative estimate of drug-likeness (QED) is 0.709. The van der Waals surface area contributed by atoms with Crippen molar-refractivity contribution < 1.29 is 14.6 Å². The Bertz CT molecular complexity index is 735. The zero-order chi connectivity index (χ0) is 18.5. The van der Waals surface area contributed by atoms with Gasteiger partial charge in [-0.25, -0.2) is 0 Å². The number of carbonyl (C=O) groups excluding carboxylic acids is 1. The fourth-order valence-corrected chi connectivity index (χ4v) is 3.46. The van der Waals surface area contributed by atoms with E-state index in [0.29, 0.717) is 24.8 Å². The van der Waals surface area contributed by atoms with Crippen molar-refractivity contribution in [1.29, 1.82) is 0 Å². The molecule has 1 aromatic carbocycles. The molecule has 1 aromatic heterocycles. The third kappa shape index (κ3) is 4.19. The Kier molecular flexibility index (Phi) is 6.16. The average Bonchev–Trinajstić information content (AvgIpc) is 3.09. The third-order valence-corrected chi connectivity index (χ3v) is 4.78. The van der Waals surface area contributed by atoms with Gasteiger partial charge >= 0.3 is 0 Å². The minimum atomic E-state index is -0.0584. The molecule has 0 aliphatic carbocycles. The highest BCUT2D eigenvalue weighted by Gasteiger charge is 2.27. The number of ether oxygens (including phenoxy) is 1. The number of benzene rings is 1. The molecule has 3 N–H and O–H groups in total. The maximum atomic E-state index is 13.1. The highest BCUT2D eigenvalue weighted by Crippen LogP contribution is 2.28. The molecule has 0 unspecified atom stereocenters. The summed E-state index contributed by atoms with van der Waals surface area (Å²) < 4.78 is 5.90. The lowest BCUT2D eigenvalue weighted by molar-refractivity contribution is 0.0590. The Hall–Kier alpha value is -2.05. The molecule has 6 nitrogen and oxygen atoms in total. The van der Waals surface area contributed by atoms with Gasteiger partial charge in [0.25, 0.3) is 5.91 Å². The summed E-state index contributed by atoms with van der Waals surface area (Å²) in [7, 11) is 0. The lowest BCUT2D eigenvalue weighted by Crippen LogP contribution is -2.47. The van der Waals surface area contributed by atoms with Crippen LogP contribution in [0, 0.1) is 5.92 Å². The number of rotatable bonds is 7. The number of aromatic amines is 1. The number of amides is 1. The van der Waals surface area contributed by atoms with Crippen molar-refractivity contribution in [3.05, 3.63) is 30.0 Å². The van der Waals surface area contributed by atoms with E-state index >= 15 is 0 Å². The highest BCUT2D eigenvalue weighted by atomic mass is 16.5. The number of aromatic nitrogens is 1. The van der Waals surface area contributed by atoms with Crippen LogP contribution >= 0.6 is 0 Å². The molecule has 0 bridgehead atoms. The molecular weight excluding hydrogens is 330 g/mol. The summed E-state index contributed by atoms with van der Waals surface area (Å²) in [6.07, 6.45) is 1.82. The van der Waals surface area contributed by atoms with Crippen molar-refractivity contribution in [2.24, 2.45) is 5.92 Å². The number of nitrogens with zero attached hydrogens (tertiary/aromatic N) is 1. The molecule has 1 saturated heterocycles. The van der Waals surface area contributed by atoms with Crippen LogP contribution in [0.15, 0.2) is 24.3 Å². The van der Waals surface area contributed by atoms with Crippen molar-refractivity contribution >= 4 is 16.8 Å².